The van der Waals surface area contributed by atoms with Gasteiger partial charge in [0.15, 0.2) is 0 Å². The fourth-order valence-electron chi connectivity index (χ4n) is 8.13. The Morgan fingerprint density at radius 1 is 0.667 bits per heavy atom. The molecule has 2 aliphatic rings. The standard InChI is InChI=1S/2C18H17.2CH3.2ClH.H2Si.Zr/c1-12-9-16-14(3)13(2)11-17(18(16)10-12)15-7-5-4-6-8-15;1-13(2)16-11-15-9-6-10-17(18(15)12-16)14-7-4-3-5-8-14;;;;;;/h4-11H,1-3H3;3-13H,1-2H3;2*1H3;2*1H;1H2;. The predicted octanol–water partition coefficient (Wildman–Crippen LogP) is 11.1. The minimum absolute atomic E-state index is 0. The van der Waals surface area contributed by atoms with Gasteiger partial charge in [-0.25, -0.2) is 0 Å². The molecular weight excluding hydrogens is 647 g/mol. The molecule has 0 nitrogen and oxygen atoms in total. The SMILES string of the molecule is CC1=Cc2c(-c3ccccc3)cc(C)c(C)c2[CH]1[Zr]([CH3])([CH3])(=[SiH2])[CH]1C(C(C)C)=Cc2c(-c3ccccc3)cccc21.Cl.Cl. The summed E-state index contributed by atoms with van der Waals surface area (Å²) < 4.78 is 6.59. The van der Waals surface area contributed by atoms with Gasteiger partial charge in [-0.1, -0.05) is 0 Å². The van der Waals surface area contributed by atoms with Gasteiger partial charge in [-0.2, -0.15) is 0 Å². The maximum atomic E-state index is 2.77. The van der Waals surface area contributed by atoms with E-state index >= 15 is 0 Å². The number of rotatable bonds is 5. The van der Waals surface area contributed by atoms with Gasteiger partial charge in [-0.05, 0) is 0 Å². The van der Waals surface area contributed by atoms with Crippen molar-refractivity contribution in [3.8, 4) is 22.3 Å². The minimum atomic E-state index is -3.65. The first kappa shape index (κ1) is 32.9. The van der Waals surface area contributed by atoms with Crippen LogP contribution in [0.15, 0.2) is 96.1 Å². The van der Waals surface area contributed by atoms with Crippen LogP contribution < -0.4 is 0 Å². The van der Waals surface area contributed by atoms with Crippen LogP contribution in [0.25, 0.3) is 34.4 Å². The quantitative estimate of drug-likeness (QED) is 0.183. The zero-order valence-corrected chi connectivity index (χ0v) is 31.5. The molecule has 0 radical (unpaired) electrons. The van der Waals surface area contributed by atoms with Crippen LogP contribution >= 0.6 is 24.8 Å². The van der Waals surface area contributed by atoms with Crippen molar-refractivity contribution >= 4 is 43.8 Å². The molecule has 0 N–H and O–H groups in total. The molecule has 6 rings (SSSR count). The summed E-state index contributed by atoms with van der Waals surface area (Å²) in [7, 11) is 0. The third-order valence-corrected chi connectivity index (χ3v) is 27.4. The summed E-state index contributed by atoms with van der Waals surface area (Å²) in [5, 5.41) is 0. The Morgan fingerprint density at radius 2 is 1.24 bits per heavy atom. The van der Waals surface area contributed by atoms with Crippen LogP contribution in [0.1, 0.15) is 61.4 Å². The van der Waals surface area contributed by atoms with E-state index in [4.69, 9.17) is 0 Å². The Morgan fingerprint density at radius 3 is 1.81 bits per heavy atom. The maximum absolute atomic E-state index is 3.65. The van der Waals surface area contributed by atoms with E-state index < -0.39 is 17.4 Å². The third-order valence-electron chi connectivity index (χ3n) is 9.88. The van der Waals surface area contributed by atoms with Crippen LogP contribution in [0.4, 0.5) is 0 Å². The molecule has 4 heteroatoms. The van der Waals surface area contributed by atoms with Crippen LogP contribution in [0.3, 0.4) is 0 Å². The normalized spacial score (nSPS) is 17.5. The van der Waals surface area contributed by atoms with Gasteiger partial charge < -0.3 is 0 Å². The number of hydrogen-bond acceptors (Lipinski definition) is 0. The van der Waals surface area contributed by atoms with Crippen LogP contribution in [0.5, 0.6) is 0 Å². The molecule has 4 aromatic carbocycles. The summed E-state index contributed by atoms with van der Waals surface area (Å²) >= 11 is -3.65. The topological polar surface area (TPSA) is 0 Å². The van der Waals surface area contributed by atoms with Crippen molar-refractivity contribution in [2.75, 3.05) is 0 Å². The molecule has 4 aromatic rings. The van der Waals surface area contributed by atoms with E-state index in [0.29, 0.717) is 13.2 Å². The third kappa shape index (κ3) is 5.21. The summed E-state index contributed by atoms with van der Waals surface area (Å²) in [6.07, 6.45) is 5.15. The molecule has 2 unspecified atom stereocenters. The number of allylic oxidation sites excluding steroid dienone is 2. The summed E-state index contributed by atoms with van der Waals surface area (Å²) in [6.45, 7) is 14.4. The Hall–Kier alpha value is -1.96. The number of hydrogen-bond donors (Lipinski definition) is 0. The molecule has 2 aliphatic carbocycles. The molecular formula is C38H44Cl2SiZr. The van der Waals surface area contributed by atoms with Crippen LogP contribution in [-0.4, -0.2) is 6.88 Å². The van der Waals surface area contributed by atoms with Crippen molar-refractivity contribution in [3.63, 3.8) is 0 Å². The zero-order chi connectivity index (χ0) is 28.4. The van der Waals surface area contributed by atoms with E-state index in [1.54, 1.807) is 22.3 Å². The fourth-order valence-corrected chi connectivity index (χ4v) is 28.7. The van der Waals surface area contributed by atoms with Gasteiger partial charge >= 0.3 is 245 Å². The van der Waals surface area contributed by atoms with Gasteiger partial charge in [0, 0.05) is 0 Å². The first-order valence-electron chi connectivity index (χ1n) is 14.8. The number of halogens is 2. The molecule has 42 heavy (non-hydrogen) atoms. The van der Waals surface area contributed by atoms with E-state index in [2.05, 4.69) is 148 Å². The molecule has 0 spiro atoms. The summed E-state index contributed by atoms with van der Waals surface area (Å²) in [5.74, 6) is 0.516. The predicted molar refractivity (Wildman–Crippen MR) is 190 cm³/mol. The van der Waals surface area contributed by atoms with Gasteiger partial charge in [0.1, 0.15) is 0 Å². The Kier molecular flexibility index (Phi) is 9.30. The number of benzene rings is 4. The summed E-state index contributed by atoms with van der Waals surface area (Å²) in [4.78, 5) is 0. The first-order valence-corrected chi connectivity index (χ1v) is 28.5. The maximum Gasteiger partial charge on any atom is -0.147 e. The van der Waals surface area contributed by atoms with E-state index in [9.17, 15) is 0 Å². The van der Waals surface area contributed by atoms with Gasteiger partial charge in [0.2, 0.25) is 0 Å². The van der Waals surface area contributed by atoms with Crippen molar-refractivity contribution in [3.05, 3.63) is 129 Å². The second kappa shape index (κ2) is 11.9. The van der Waals surface area contributed by atoms with Gasteiger partial charge in [0.05, 0.1) is 0 Å². The van der Waals surface area contributed by atoms with Gasteiger partial charge in [0.25, 0.3) is 0 Å². The van der Waals surface area contributed by atoms with Crippen LogP contribution in [-0.2, 0) is 17.4 Å². The van der Waals surface area contributed by atoms with Gasteiger partial charge in [-0.3, -0.25) is 0 Å². The van der Waals surface area contributed by atoms with Crippen molar-refractivity contribution in [2.24, 2.45) is 5.92 Å². The van der Waals surface area contributed by atoms with Crippen molar-refractivity contribution in [1.29, 1.82) is 0 Å². The van der Waals surface area contributed by atoms with Crippen molar-refractivity contribution in [1.82, 2.24) is 0 Å². The Labute approximate surface area is 268 Å². The van der Waals surface area contributed by atoms with E-state index in [-0.39, 0.29) is 24.8 Å². The molecule has 218 valence electrons. The largest absolute Gasteiger partial charge is 0.147 e. The second-order valence-corrected chi connectivity index (χ2v) is 44.2. The smallest absolute Gasteiger partial charge is 0.147 e. The van der Waals surface area contributed by atoms with Crippen LogP contribution in [0, 0.1) is 19.8 Å². The molecule has 0 amide bonds. The molecule has 2 atom stereocenters. The van der Waals surface area contributed by atoms with Gasteiger partial charge in [-0.15, -0.1) is 24.8 Å². The van der Waals surface area contributed by atoms with E-state index in [1.165, 1.54) is 44.5 Å². The van der Waals surface area contributed by atoms with E-state index in [1.807, 2.05) is 0 Å². The molecule has 0 saturated heterocycles. The Balaban J connectivity index is 0.00000202. The van der Waals surface area contributed by atoms with Crippen molar-refractivity contribution < 1.29 is 17.4 Å². The molecule has 0 heterocycles. The molecule has 0 aromatic heterocycles. The molecule has 0 fully saturated rings. The monoisotopic (exact) mass is 688 g/mol. The second-order valence-electron chi connectivity index (χ2n) is 13.7. The number of fused-ring (bicyclic) bond motifs is 2. The average molecular weight is 691 g/mol. The molecule has 0 saturated carbocycles. The van der Waals surface area contributed by atoms with Crippen molar-refractivity contribution in [2.45, 2.75) is 51.1 Å². The zero-order valence-electron chi connectivity index (χ0n) is 26.0. The summed E-state index contributed by atoms with van der Waals surface area (Å²) in [6, 6.07) is 31.5. The molecule has 0 aliphatic heterocycles. The first-order chi connectivity index (χ1) is 19.0. The van der Waals surface area contributed by atoms with Crippen LogP contribution in [0.2, 0.25) is 9.26 Å². The minimum Gasteiger partial charge on any atom is -0.147 e. The Bertz CT molecular complexity index is 1780. The number of aryl methyl sites for hydroxylation is 1. The average Bonchev–Trinajstić information content (AvgIpc) is 3.51. The van der Waals surface area contributed by atoms with E-state index in [0.717, 1.165) is 0 Å². The molecule has 0 bridgehead atoms. The summed E-state index contributed by atoms with van der Waals surface area (Å²) in [5.41, 5.74) is 17.7. The fraction of sp³-hybridized carbons (Fsp3) is 0.263.